The topological polar surface area (TPSA) is 127 Å². The molecule has 0 atom stereocenters. The molecule has 0 radical (unpaired) electrons. The monoisotopic (exact) mass is 367 g/mol. The minimum absolute atomic E-state index is 0.0655. The molecule has 0 bridgehead atoms. The van der Waals surface area contributed by atoms with E-state index in [2.05, 4.69) is 31.0 Å². The highest BCUT2D eigenvalue weighted by Crippen LogP contribution is 2.58. The molecular formula is C12H23NO6P2Si. The smallest absolute Gasteiger partial charge is 0.323 e. The Balaban J connectivity index is 2.75. The molecule has 22 heavy (non-hydrogen) atoms. The summed E-state index contributed by atoms with van der Waals surface area (Å²) in [7, 11) is -11.3. The van der Waals surface area contributed by atoms with Gasteiger partial charge in [0.2, 0.25) is 5.52 Å². The fourth-order valence-electron chi connectivity index (χ4n) is 1.97. The molecule has 0 amide bonds. The maximum absolute atomic E-state index is 11.2. The predicted octanol–water partition coefficient (Wildman–Crippen LogP) is 1.00. The maximum Gasteiger partial charge on any atom is 0.354 e. The Kier molecular flexibility index (Phi) is 6.35. The largest absolute Gasteiger partial charge is 0.354 e. The molecule has 0 aliphatic carbocycles. The lowest BCUT2D eigenvalue weighted by Gasteiger charge is -2.21. The summed E-state index contributed by atoms with van der Waals surface area (Å²) in [6.07, 6.45) is 0.425. The molecule has 10 heteroatoms. The van der Waals surface area contributed by atoms with Gasteiger partial charge in [0.15, 0.2) is 0 Å². The number of hydrogen-bond donors (Lipinski definition) is 5. The molecule has 0 aliphatic rings. The molecule has 0 aliphatic heterocycles. The molecule has 0 fully saturated rings. The van der Waals surface area contributed by atoms with Gasteiger partial charge in [-0.1, -0.05) is 49.1 Å². The number of hydrogen-bond acceptors (Lipinski definition) is 3. The Bertz CT molecular complexity index is 584. The van der Waals surface area contributed by atoms with Crippen molar-refractivity contribution in [3.05, 3.63) is 29.8 Å². The van der Waals surface area contributed by atoms with Crippen molar-refractivity contribution in [3.8, 4) is 0 Å². The van der Waals surface area contributed by atoms with Crippen molar-refractivity contribution in [1.29, 1.82) is 0 Å². The van der Waals surface area contributed by atoms with Crippen LogP contribution in [0.4, 0.5) is 0 Å². The van der Waals surface area contributed by atoms with Crippen LogP contribution in [0, 0.1) is 0 Å². The second kappa shape index (κ2) is 7.07. The van der Waals surface area contributed by atoms with Crippen LogP contribution >= 0.6 is 15.2 Å². The average molecular weight is 367 g/mol. The predicted molar refractivity (Wildman–Crippen MR) is 89.0 cm³/mol. The quantitative estimate of drug-likeness (QED) is 0.359. The Morgan fingerprint density at radius 2 is 1.64 bits per heavy atom. The van der Waals surface area contributed by atoms with E-state index in [0.29, 0.717) is 6.42 Å². The number of benzene rings is 1. The fourth-order valence-corrected chi connectivity index (χ4v) is 5.49. The Hall–Kier alpha value is -0.303. The Morgan fingerprint density at radius 3 is 2.09 bits per heavy atom. The third kappa shape index (κ3) is 6.06. The lowest BCUT2D eigenvalue weighted by Crippen LogP contribution is -2.37. The summed E-state index contributed by atoms with van der Waals surface area (Å²) in [6.45, 7) is 6.70. The van der Waals surface area contributed by atoms with E-state index in [1.165, 1.54) is 5.19 Å². The molecule has 0 aromatic heterocycles. The highest BCUT2D eigenvalue weighted by atomic mass is 31.2. The van der Waals surface area contributed by atoms with Crippen molar-refractivity contribution in [1.82, 2.24) is 5.32 Å². The lowest BCUT2D eigenvalue weighted by molar-refractivity contribution is 0.328. The molecule has 0 spiro atoms. The first-order chi connectivity index (χ1) is 9.82. The van der Waals surface area contributed by atoms with E-state index in [4.69, 9.17) is 19.6 Å². The third-order valence-corrected chi connectivity index (χ3v) is 8.66. The van der Waals surface area contributed by atoms with Crippen molar-refractivity contribution in [2.24, 2.45) is 0 Å². The fraction of sp³-hybridized carbons (Fsp3) is 0.500. The average Bonchev–Trinajstić information content (AvgIpc) is 2.31. The van der Waals surface area contributed by atoms with E-state index >= 15 is 0 Å². The van der Waals surface area contributed by atoms with Gasteiger partial charge >= 0.3 is 15.2 Å². The van der Waals surface area contributed by atoms with E-state index in [9.17, 15) is 9.13 Å². The summed E-state index contributed by atoms with van der Waals surface area (Å²) in [6, 6.07) is 7.90. The van der Waals surface area contributed by atoms with Gasteiger partial charge in [0, 0.05) is 6.54 Å². The van der Waals surface area contributed by atoms with Gasteiger partial charge in [0.05, 0.1) is 8.07 Å². The zero-order valence-electron chi connectivity index (χ0n) is 12.8. The second-order valence-corrected chi connectivity index (χ2v) is 15.1. The zero-order chi connectivity index (χ0) is 17.2. The zero-order valence-corrected chi connectivity index (χ0v) is 15.6. The summed E-state index contributed by atoms with van der Waals surface area (Å²) in [5.74, 6) is 0. The molecule has 0 heterocycles. The van der Waals surface area contributed by atoms with Crippen molar-refractivity contribution in [2.75, 3.05) is 6.54 Å². The highest BCUT2D eigenvalue weighted by molar-refractivity contribution is 7.70. The van der Waals surface area contributed by atoms with Gasteiger partial charge in [-0.05, 0) is 12.0 Å². The van der Waals surface area contributed by atoms with Crippen molar-refractivity contribution in [3.63, 3.8) is 0 Å². The van der Waals surface area contributed by atoms with Crippen LogP contribution in [0.3, 0.4) is 0 Å². The first kappa shape index (κ1) is 19.7. The summed E-state index contributed by atoms with van der Waals surface area (Å²) in [5, 5.41) is 3.55. The molecule has 0 saturated carbocycles. The van der Waals surface area contributed by atoms with Gasteiger partial charge in [-0.2, -0.15) is 0 Å². The van der Waals surface area contributed by atoms with Gasteiger partial charge in [0.1, 0.15) is 0 Å². The van der Waals surface area contributed by atoms with Crippen molar-refractivity contribution >= 4 is 28.5 Å². The second-order valence-electron chi connectivity index (χ2n) is 6.21. The lowest BCUT2D eigenvalue weighted by atomic mass is 10.1. The minimum Gasteiger partial charge on any atom is -0.323 e. The first-order valence-electron chi connectivity index (χ1n) is 6.75. The third-order valence-electron chi connectivity index (χ3n) is 3.17. The first-order valence-corrected chi connectivity index (χ1v) is 13.6. The van der Waals surface area contributed by atoms with Gasteiger partial charge < -0.3 is 19.6 Å². The Labute approximate surface area is 131 Å². The molecule has 126 valence electrons. The maximum atomic E-state index is 11.2. The molecular weight excluding hydrogens is 344 g/mol. The van der Waals surface area contributed by atoms with Gasteiger partial charge in [-0.15, -0.1) is 0 Å². The van der Waals surface area contributed by atoms with Crippen LogP contribution in [0.2, 0.25) is 19.6 Å². The van der Waals surface area contributed by atoms with Crippen LogP contribution in [-0.4, -0.2) is 39.7 Å². The molecule has 0 unspecified atom stereocenters. The summed E-state index contributed by atoms with van der Waals surface area (Å²) < 4.78 is 22.3. The van der Waals surface area contributed by atoms with Crippen LogP contribution in [-0.2, 0) is 15.6 Å². The molecule has 5 N–H and O–H groups in total. The summed E-state index contributed by atoms with van der Waals surface area (Å²) in [5.41, 5.74) is -1.19. The molecule has 0 saturated heterocycles. The van der Waals surface area contributed by atoms with Gasteiger partial charge in [-0.3, -0.25) is 14.4 Å². The molecule has 1 aromatic rings. The normalized spacial score (nSPS) is 13.6. The van der Waals surface area contributed by atoms with E-state index in [1.54, 1.807) is 0 Å². The SMILES string of the molecule is C[Si](C)(C)c1cccc(CCNC(P(=O)(O)O)P(=O)(O)O)c1. The van der Waals surface area contributed by atoms with E-state index in [-0.39, 0.29) is 6.54 Å². The Morgan fingerprint density at radius 1 is 1.09 bits per heavy atom. The van der Waals surface area contributed by atoms with Crippen molar-refractivity contribution in [2.45, 2.75) is 31.6 Å². The summed E-state index contributed by atoms with van der Waals surface area (Å²) in [4.78, 5) is 36.1. The van der Waals surface area contributed by atoms with Gasteiger partial charge in [-0.25, -0.2) is 0 Å². The van der Waals surface area contributed by atoms with Crippen LogP contribution in [0.15, 0.2) is 24.3 Å². The summed E-state index contributed by atoms with van der Waals surface area (Å²) >= 11 is 0. The van der Waals surface area contributed by atoms with E-state index in [0.717, 1.165) is 5.56 Å². The number of rotatable bonds is 7. The van der Waals surface area contributed by atoms with Crippen molar-refractivity contribution < 1.29 is 28.7 Å². The van der Waals surface area contributed by atoms with E-state index < -0.39 is 28.8 Å². The highest BCUT2D eigenvalue weighted by Gasteiger charge is 2.42. The van der Waals surface area contributed by atoms with Crippen LogP contribution in [0.25, 0.3) is 0 Å². The van der Waals surface area contributed by atoms with E-state index in [1.807, 2.05) is 18.2 Å². The van der Waals surface area contributed by atoms with Crippen LogP contribution < -0.4 is 10.5 Å². The molecule has 1 rings (SSSR count). The van der Waals surface area contributed by atoms with Gasteiger partial charge in [0.25, 0.3) is 0 Å². The molecule has 7 nitrogen and oxygen atoms in total. The molecule has 1 aromatic carbocycles. The standard InChI is InChI=1S/C12H23NO6P2Si/c1-22(2,3)11-6-4-5-10(9-11)7-8-13-12(20(14,15)16)21(17,18)19/h4-6,9,12-13H,7-8H2,1-3H3,(H2,14,15,16)(H2,17,18,19). The number of nitrogens with one attached hydrogen (secondary N) is 1. The van der Waals surface area contributed by atoms with Crippen LogP contribution in [0.1, 0.15) is 5.56 Å². The van der Waals surface area contributed by atoms with Crippen LogP contribution in [0.5, 0.6) is 0 Å². The minimum atomic E-state index is -4.92.